The number of nitrogens with one attached hydrogen (secondary N) is 1. The highest BCUT2D eigenvalue weighted by Gasteiger charge is 2.20. The second-order valence-electron chi connectivity index (χ2n) is 4.70. The first-order valence-corrected chi connectivity index (χ1v) is 8.92. The van der Waals surface area contributed by atoms with Crippen LogP contribution in [-0.4, -0.2) is 23.8 Å². The lowest BCUT2D eigenvalue weighted by atomic mass is 10.2. The molecule has 24 heavy (non-hydrogen) atoms. The first-order chi connectivity index (χ1) is 11.5. The average Bonchev–Trinajstić information content (AvgIpc) is 3.02. The van der Waals surface area contributed by atoms with E-state index in [1.54, 1.807) is 18.2 Å². The van der Waals surface area contributed by atoms with E-state index in [1.165, 1.54) is 24.3 Å². The third-order valence-electron chi connectivity index (χ3n) is 3.18. The van der Waals surface area contributed by atoms with Crippen LogP contribution in [0.25, 0.3) is 11.0 Å². The van der Waals surface area contributed by atoms with Crippen LogP contribution < -0.4 is 9.46 Å². The van der Waals surface area contributed by atoms with Crippen molar-refractivity contribution in [2.75, 3.05) is 0 Å². The summed E-state index contributed by atoms with van der Waals surface area (Å²) in [6.45, 7) is -3.18. The van der Waals surface area contributed by atoms with Crippen LogP contribution in [0.3, 0.4) is 0 Å². The number of aromatic nitrogens is 2. The van der Waals surface area contributed by atoms with E-state index in [4.69, 9.17) is 0 Å². The molecule has 3 rings (SSSR count). The molecule has 2 aromatic carbocycles. The summed E-state index contributed by atoms with van der Waals surface area (Å²) in [5, 5.41) is 0. The molecule has 10 heteroatoms. The summed E-state index contributed by atoms with van der Waals surface area (Å²) in [7, 11) is -3.89. The zero-order valence-electron chi connectivity index (χ0n) is 12.0. The van der Waals surface area contributed by atoms with E-state index in [1.807, 2.05) is 0 Å². The summed E-state index contributed by atoms with van der Waals surface area (Å²) < 4.78 is 64.5. The largest absolute Gasteiger partial charge is 0.434 e. The molecule has 0 radical (unpaired) electrons. The Morgan fingerprint density at radius 3 is 2.71 bits per heavy atom. The molecular formula is C14H11F2N3O3S2. The predicted molar refractivity (Wildman–Crippen MR) is 84.5 cm³/mol. The van der Waals surface area contributed by atoms with Crippen LogP contribution in [0.15, 0.2) is 47.4 Å². The average molecular weight is 371 g/mol. The van der Waals surface area contributed by atoms with Crippen LogP contribution >= 0.6 is 11.7 Å². The minimum atomic E-state index is -3.89. The number of nitrogens with zero attached hydrogens (tertiary/aromatic N) is 2. The summed E-state index contributed by atoms with van der Waals surface area (Å²) in [5.74, 6) is -0.0799. The quantitative estimate of drug-likeness (QED) is 0.721. The van der Waals surface area contributed by atoms with Gasteiger partial charge in [-0.3, -0.25) is 0 Å². The highest BCUT2D eigenvalue weighted by molar-refractivity contribution is 7.89. The van der Waals surface area contributed by atoms with Crippen molar-refractivity contribution in [1.82, 2.24) is 13.5 Å². The van der Waals surface area contributed by atoms with Gasteiger partial charge in [-0.15, -0.1) is 0 Å². The Bertz CT molecular complexity index is 961. The molecule has 6 nitrogen and oxygen atoms in total. The smallest absolute Gasteiger partial charge is 0.387 e. The zero-order chi connectivity index (χ0) is 17.2. The van der Waals surface area contributed by atoms with E-state index in [-0.39, 0.29) is 22.7 Å². The van der Waals surface area contributed by atoms with Crippen molar-refractivity contribution in [3.8, 4) is 5.75 Å². The molecule has 126 valence electrons. The number of hydrogen-bond donors (Lipinski definition) is 1. The van der Waals surface area contributed by atoms with Crippen LogP contribution in [0, 0.1) is 0 Å². The van der Waals surface area contributed by atoms with Crippen molar-refractivity contribution in [2.45, 2.75) is 18.1 Å². The number of ether oxygens (including phenoxy) is 1. The van der Waals surface area contributed by atoms with Gasteiger partial charge in [0.25, 0.3) is 0 Å². The monoisotopic (exact) mass is 371 g/mol. The van der Waals surface area contributed by atoms with Crippen molar-refractivity contribution in [3.63, 3.8) is 0 Å². The molecule has 0 spiro atoms. The van der Waals surface area contributed by atoms with Gasteiger partial charge in [-0.2, -0.15) is 17.5 Å². The number of fused-ring (bicyclic) bond motifs is 1. The number of sulfonamides is 1. The lowest BCUT2D eigenvalue weighted by Crippen LogP contribution is -2.24. The number of hydrogen-bond acceptors (Lipinski definition) is 6. The molecule has 0 amide bonds. The van der Waals surface area contributed by atoms with Crippen molar-refractivity contribution in [1.29, 1.82) is 0 Å². The first kappa shape index (κ1) is 16.7. The molecule has 0 aliphatic rings. The molecule has 0 bridgehead atoms. The number of rotatable bonds is 6. The molecule has 1 aromatic heterocycles. The van der Waals surface area contributed by atoms with Crippen LogP contribution in [0.2, 0.25) is 0 Å². The third-order valence-corrected chi connectivity index (χ3v) is 5.16. The Labute approximate surface area is 140 Å². The molecule has 0 saturated carbocycles. The first-order valence-electron chi connectivity index (χ1n) is 6.71. The number of alkyl halides is 2. The second-order valence-corrected chi connectivity index (χ2v) is 6.96. The highest BCUT2D eigenvalue weighted by atomic mass is 32.2. The Hall–Kier alpha value is -2.17. The number of halogens is 2. The minimum absolute atomic E-state index is 0.0130. The Balaban J connectivity index is 1.85. The van der Waals surface area contributed by atoms with Gasteiger partial charge >= 0.3 is 6.61 Å². The van der Waals surface area contributed by atoms with Gasteiger partial charge in [0.2, 0.25) is 10.0 Å². The van der Waals surface area contributed by atoms with Gasteiger partial charge in [-0.1, -0.05) is 24.3 Å². The molecule has 3 aromatic rings. The molecule has 0 saturated heterocycles. The maximum Gasteiger partial charge on any atom is 0.387 e. The van der Waals surface area contributed by atoms with Gasteiger partial charge < -0.3 is 4.74 Å². The zero-order valence-corrected chi connectivity index (χ0v) is 13.7. The van der Waals surface area contributed by atoms with E-state index in [0.717, 1.165) is 11.7 Å². The van der Waals surface area contributed by atoms with E-state index in [9.17, 15) is 17.2 Å². The molecule has 0 aliphatic heterocycles. The minimum Gasteiger partial charge on any atom is -0.434 e. The Morgan fingerprint density at radius 1 is 1.12 bits per heavy atom. The lowest BCUT2D eigenvalue weighted by molar-refractivity contribution is -0.0504. The van der Waals surface area contributed by atoms with Gasteiger partial charge in [-0.05, 0) is 18.2 Å². The van der Waals surface area contributed by atoms with Crippen LogP contribution in [0.4, 0.5) is 8.78 Å². The molecule has 0 fully saturated rings. The summed E-state index contributed by atoms with van der Waals surface area (Å²) in [6, 6.07) is 10.6. The van der Waals surface area contributed by atoms with Crippen LogP contribution in [0.5, 0.6) is 5.75 Å². The highest BCUT2D eigenvalue weighted by Crippen LogP contribution is 2.23. The third kappa shape index (κ3) is 3.50. The van der Waals surface area contributed by atoms with Crippen molar-refractivity contribution in [2.24, 2.45) is 0 Å². The van der Waals surface area contributed by atoms with Crippen LogP contribution in [-0.2, 0) is 16.6 Å². The standard InChI is InChI=1S/C14H11F2N3O3S2/c15-14(16)22-11-6-2-1-4-9(11)8-17-24(20,21)12-7-3-5-10-13(12)19-23-18-10/h1-7,14,17H,8H2. The molecule has 1 N–H and O–H groups in total. The normalized spacial score (nSPS) is 12.0. The molecule has 1 heterocycles. The molecule has 0 unspecified atom stereocenters. The molecular weight excluding hydrogens is 360 g/mol. The van der Waals surface area contributed by atoms with Crippen molar-refractivity contribution < 1.29 is 21.9 Å². The maximum atomic E-state index is 12.5. The van der Waals surface area contributed by atoms with Gasteiger partial charge in [0, 0.05) is 12.1 Å². The fourth-order valence-corrected chi connectivity index (χ4v) is 3.88. The van der Waals surface area contributed by atoms with E-state index in [2.05, 4.69) is 18.2 Å². The van der Waals surface area contributed by atoms with Gasteiger partial charge in [-0.25, -0.2) is 13.1 Å². The summed E-state index contributed by atoms with van der Waals surface area (Å²) >= 11 is 0.911. The Kier molecular flexibility index (Phi) is 4.69. The molecule has 0 atom stereocenters. The van der Waals surface area contributed by atoms with Crippen LogP contribution in [0.1, 0.15) is 5.56 Å². The summed E-state index contributed by atoms with van der Waals surface area (Å²) in [5.41, 5.74) is 1.04. The fourth-order valence-electron chi connectivity index (χ4n) is 2.11. The summed E-state index contributed by atoms with van der Waals surface area (Å²) in [4.78, 5) is -0.0130. The van der Waals surface area contributed by atoms with Gasteiger partial charge in [0.05, 0.1) is 11.7 Å². The summed E-state index contributed by atoms with van der Waals surface area (Å²) in [6.07, 6.45) is 0. The van der Waals surface area contributed by atoms with E-state index in [0.29, 0.717) is 11.1 Å². The molecule has 0 aliphatic carbocycles. The van der Waals surface area contributed by atoms with Crippen molar-refractivity contribution in [3.05, 3.63) is 48.0 Å². The van der Waals surface area contributed by atoms with Gasteiger partial charge in [0.15, 0.2) is 0 Å². The number of para-hydroxylation sites is 1. The van der Waals surface area contributed by atoms with Crippen molar-refractivity contribution >= 4 is 32.8 Å². The topological polar surface area (TPSA) is 81.2 Å². The second kappa shape index (κ2) is 6.75. The van der Waals surface area contributed by atoms with Gasteiger partial charge in [0.1, 0.15) is 21.7 Å². The Morgan fingerprint density at radius 2 is 1.92 bits per heavy atom. The van der Waals surface area contributed by atoms with E-state index < -0.39 is 16.6 Å². The SMILES string of the molecule is O=S(=O)(NCc1ccccc1OC(F)F)c1cccc2nsnc12. The van der Waals surface area contributed by atoms with E-state index >= 15 is 0 Å². The fraction of sp³-hybridized carbons (Fsp3) is 0.143. The predicted octanol–water partition coefficient (Wildman–Crippen LogP) is 2.77. The maximum absolute atomic E-state index is 12.5. The number of benzene rings is 2. The lowest BCUT2D eigenvalue weighted by Gasteiger charge is -2.11.